The molecule has 1 aliphatic heterocycles. The van der Waals surface area contributed by atoms with Gasteiger partial charge in [0.25, 0.3) is 5.89 Å². The summed E-state index contributed by atoms with van der Waals surface area (Å²) < 4.78 is 7.07. The minimum absolute atomic E-state index is 0.0304. The second-order valence-corrected chi connectivity index (χ2v) is 7.63. The van der Waals surface area contributed by atoms with Gasteiger partial charge in [0.2, 0.25) is 11.9 Å². The molecular formula is C22H20N8O3. The zero-order valence-corrected chi connectivity index (χ0v) is 17.9. The molecule has 5 rings (SSSR count). The average molecular weight is 444 g/mol. The van der Waals surface area contributed by atoms with Crippen LogP contribution in [0.3, 0.4) is 0 Å². The van der Waals surface area contributed by atoms with Gasteiger partial charge in [0.05, 0.1) is 12.6 Å². The van der Waals surface area contributed by atoms with Crippen molar-refractivity contribution in [1.29, 1.82) is 0 Å². The molecule has 0 saturated heterocycles. The van der Waals surface area contributed by atoms with Crippen LogP contribution in [0.2, 0.25) is 0 Å². The SMILES string of the molecule is Cc1cnc(Nc2ccnn2C)nc1-c1coc(C(=O)NCc2ccc3c(c2)CC(=O)N3)n1. The molecule has 0 fully saturated rings. The van der Waals surface area contributed by atoms with Gasteiger partial charge in [0.15, 0.2) is 0 Å². The summed E-state index contributed by atoms with van der Waals surface area (Å²) in [5.74, 6) is 0.560. The first-order chi connectivity index (χ1) is 16.0. The lowest BCUT2D eigenvalue weighted by atomic mass is 10.1. The number of nitrogens with one attached hydrogen (secondary N) is 3. The minimum Gasteiger partial charge on any atom is -0.440 e. The van der Waals surface area contributed by atoms with Crippen molar-refractivity contribution in [2.24, 2.45) is 7.05 Å². The van der Waals surface area contributed by atoms with Crippen molar-refractivity contribution in [3.05, 3.63) is 65.5 Å². The first kappa shape index (κ1) is 20.4. The van der Waals surface area contributed by atoms with Crippen molar-refractivity contribution in [3.8, 4) is 11.4 Å². The number of oxazole rings is 1. The summed E-state index contributed by atoms with van der Waals surface area (Å²) in [5, 5.41) is 12.8. The van der Waals surface area contributed by atoms with E-state index in [-0.39, 0.29) is 18.3 Å². The highest BCUT2D eigenvalue weighted by Gasteiger charge is 2.19. The lowest BCUT2D eigenvalue weighted by Gasteiger charge is -2.07. The van der Waals surface area contributed by atoms with E-state index >= 15 is 0 Å². The summed E-state index contributed by atoms with van der Waals surface area (Å²) in [7, 11) is 1.80. The fourth-order valence-corrected chi connectivity index (χ4v) is 3.51. The van der Waals surface area contributed by atoms with Crippen molar-refractivity contribution in [1.82, 2.24) is 30.0 Å². The van der Waals surface area contributed by atoms with Crippen LogP contribution >= 0.6 is 0 Å². The summed E-state index contributed by atoms with van der Waals surface area (Å²) in [6, 6.07) is 7.39. The molecule has 0 bridgehead atoms. The van der Waals surface area contributed by atoms with Crippen LogP contribution in [0.1, 0.15) is 27.4 Å². The highest BCUT2D eigenvalue weighted by molar-refractivity contribution is 5.99. The Morgan fingerprint density at radius 1 is 1.27 bits per heavy atom. The fraction of sp³-hybridized carbons (Fsp3) is 0.182. The van der Waals surface area contributed by atoms with Crippen molar-refractivity contribution in [3.63, 3.8) is 0 Å². The Balaban J connectivity index is 1.28. The molecule has 0 saturated carbocycles. The highest BCUT2D eigenvalue weighted by atomic mass is 16.4. The minimum atomic E-state index is -0.448. The number of fused-ring (bicyclic) bond motifs is 1. The predicted molar refractivity (Wildman–Crippen MR) is 119 cm³/mol. The number of carbonyl (C=O) groups is 2. The zero-order chi connectivity index (χ0) is 22.9. The monoisotopic (exact) mass is 444 g/mol. The molecule has 4 aromatic rings. The third-order valence-electron chi connectivity index (χ3n) is 5.22. The highest BCUT2D eigenvalue weighted by Crippen LogP contribution is 2.24. The van der Waals surface area contributed by atoms with Crippen molar-refractivity contribution in [2.75, 3.05) is 10.6 Å². The van der Waals surface area contributed by atoms with Crippen LogP contribution < -0.4 is 16.0 Å². The first-order valence-electron chi connectivity index (χ1n) is 10.2. The van der Waals surface area contributed by atoms with Gasteiger partial charge >= 0.3 is 5.91 Å². The molecule has 3 N–H and O–H groups in total. The molecule has 0 unspecified atom stereocenters. The van der Waals surface area contributed by atoms with Crippen LogP contribution in [0, 0.1) is 6.92 Å². The molecule has 1 aliphatic rings. The summed E-state index contributed by atoms with van der Waals surface area (Å²) in [6.45, 7) is 2.13. The Kier molecular flexibility index (Phi) is 5.05. The molecule has 0 radical (unpaired) electrons. The van der Waals surface area contributed by atoms with Gasteiger partial charge in [0.1, 0.15) is 23.5 Å². The molecule has 11 nitrogen and oxygen atoms in total. The summed E-state index contributed by atoms with van der Waals surface area (Å²) in [4.78, 5) is 37.2. The molecule has 2 amide bonds. The first-order valence-corrected chi connectivity index (χ1v) is 10.2. The topological polar surface area (TPSA) is 140 Å². The summed E-state index contributed by atoms with van der Waals surface area (Å²) in [5.41, 5.74) is 4.36. The number of rotatable bonds is 6. The average Bonchev–Trinajstić information content (AvgIpc) is 3.53. The Morgan fingerprint density at radius 2 is 2.15 bits per heavy atom. The molecular weight excluding hydrogens is 424 g/mol. The van der Waals surface area contributed by atoms with E-state index in [4.69, 9.17) is 4.42 Å². The third-order valence-corrected chi connectivity index (χ3v) is 5.22. The van der Waals surface area contributed by atoms with Gasteiger partial charge in [0, 0.05) is 31.5 Å². The molecule has 3 aromatic heterocycles. The number of aryl methyl sites for hydroxylation is 2. The van der Waals surface area contributed by atoms with Gasteiger partial charge in [-0.05, 0) is 29.7 Å². The Labute approximate surface area is 188 Å². The maximum Gasteiger partial charge on any atom is 0.307 e. The lowest BCUT2D eigenvalue weighted by molar-refractivity contribution is -0.115. The van der Waals surface area contributed by atoms with E-state index in [0.29, 0.717) is 23.8 Å². The van der Waals surface area contributed by atoms with E-state index in [0.717, 1.165) is 28.2 Å². The normalized spacial score (nSPS) is 12.4. The van der Waals surface area contributed by atoms with E-state index in [9.17, 15) is 9.59 Å². The second-order valence-electron chi connectivity index (χ2n) is 7.63. The molecule has 33 heavy (non-hydrogen) atoms. The van der Waals surface area contributed by atoms with E-state index in [1.165, 1.54) is 6.26 Å². The standard InChI is InChI=1S/C22H20N8O3/c1-12-9-24-22(28-17-5-6-25-30(17)2)29-19(12)16-11-33-21(27-16)20(32)23-10-13-3-4-15-14(7-13)8-18(31)26-15/h3-7,9,11H,8,10H2,1-2H3,(H,23,32)(H,26,31)(H,24,28,29). The number of benzene rings is 1. The number of nitrogens with zero attached hydrogens (tertiary/aromatic N) is 5. The van der Waals surface area contributed by atoms with Crippen LogP contribution in [-0.2, 0) is 24.8 Å². The quantitative estimate of drug-likeness (QED) is 0.412. The Bertz CT molecular complexity index is 1370. The van der Waals surface area contributed by atoms with Crippen molar-refractivity contribution < 1.29 is 14.0 Å². The van der Waals surface area contributed by atoms with Crippen LogP contribution in [0.5, 0.6) is 0 Å². The summed E-state index contributed by atoms with van der Waals surface area (Å²) in [6.07, 6.45) is 5.07. The number of hydrogen-bond acceptors (Lipinski definition) is 8. The second kappa shape index (κ2) is 8.19. The Morgan fingerprint density at radius 3 is 2.97 bits per heavy atom. The fourth-order valence-electron chi connectivity index (χ4n) is 3.51. The smallest absolute Gasteiger partial charge is 0.307 e. The Hall–Kier alpha value is -4.54. The predicted octanol–water partition coefficient (Wildman–Crippen LogP) is 2.34. The summed E-state index contributed by atoms with van der Waals surface area (Å²) >= 11 is 0. The van der Waals surface area contributed by atoms with Crippen molar-refractivity contribution in [2.45, 2.75) is 19.9 Å². The molecule has 4 heterocycles. The van der Waals surface area contributed by atoms with E-state index in [2.05, 4.69) is 36.0 Å². The van der Waals surface area contributed by atoms with Gasteiger partial charge in [-0.2, -0.15) is 5.10 Å². The number of carbonyl (C=O) groups excluding carboxylic acids is 2. The largest absolute Gasteiger partial charge is 0.440 e. The molecule has 1 aromatic carbocycles. The third kappa shape index (κ3) is 4.15. The van der Waals surface area contributed by atoms with Crippen molar-refractivity contribution >= 4 is 29.3 Å². The van der Waals surface area contributed by atoms with Gasteiger partial charge in [-0.1, -0.05) is 12.1 Å². The number of aromatic nitrogens is 5. The number of hydrogen-bond donors (Lipinski definition) is 3. The van der Waals surface area contributed by atoms with Crippen LogP contribution in [-0.4, -0.2) is 36.5 Å². The van der Waals surface area contributed by atoms with Gasteiger partial charge in [-0.15, -0.1) is 0 Å². The van der Waals surface area contributed by atoms with Crippen LogP contribution in [0.4, 0.5) is 17.5 Å². The van der Waals surface area contributed by atoms with Crippen LogP contribution in [0.15, 0.2) is 47.3 Å². The molecule has 0 atom stereocenters. The van der Waals surface area contributed by atoms with E-state index in [1.807, 2.05) is 25.1 Å². The maximum atomic E-state index is 12.6. The van der Waals surface area contributed by atoms with Gasteiger partial charge in [-0.3, -0.25) is 14.3 Å². The number of amides is 2. The van der Waals surface area contributed by atoms with Gasteiger partial charge < -0.3 is 20.4 Å². The van der Waals surface area contributed by atoms with Crippen LogP contribution in [0.25, 0.3) is 11.4 Å². The maximum absolute atomic E-state index is 12.6. The lowest BCUT2D eigenvalue weighted by Crippen LogP contribution is -2.23. The molecule has 11 heteroatoms. The molecule has 166 valence electrons. The van der Waals surface area contributed by atoms with Gasteiger partial charge in [-0.25, -0.2) is 15.0 Å². The number of anilines is 3. The zero-order valence-electron chi connectivity index (χ0n) is 17.9. The molecule has 0 spiro atoms. The molecule has 0 aliphatic carbocycles. The van der Waals surface area contributed by atoms with E-state index in [1.54, 1.807) is 30.2 Å². The van der Waals surface area contributed by atoms with E-state index < -0.39 is 5.91 Å².